The first-order valence-electron chi connectivity index (χ1n) is 25.3. The molecule has 1 nitrogen and oxygen atoms in total. The van der Waals surface area contributed by atoms with Crippen LogP contribution in [0.4, 0.5) is 17.1 Å². The van der Waals surface area contributed by atoms with E-state index in [1.54, 1.807) is 72.8 Å². The summed E-state index contributed by atoms with van der Waals surface area (Å²) in [6.45, 7) is 0. The van der Waals surface area contributed by atoms with Gasteiger partial charge in [-0.15, -0.1) is 0 Å². The van der Waals surface area contributed by atoms with Crippen LogP contribution in [0.5, 0.6) is 0 Å². The minimum Gasteiger partial charge on any atom is -0.310 e. The fourth-order valence-electron chi connectivity index (χ4n) is 6.24. The SMILES string of the molecule is [2H]c1c([2H])c([2H])c(-c2c([2H])c([2H])c(-c3c([2H])c([2H])c(N(c4ccccc4-c4ccccc4)c4c([2H])c([2H])c(-c5cccc(-c6cccc7ccccc67)c5)c([2H])c4[2H])c([2H])c3[2H])c([2H])c2[2H])c([2H])c1[2H]. The zero-order chi connectivity index (χ0) is 50.2. The van der Waals surface area contributed by atoms with Crippen LogP contribution in [0.25, 0.3) is 66.4 Å². The van der Waals surface area contributed by atoms with E-state index in [1.165, 1.54) is 0 Å². The van der Waals surface area contributed by atoms with Gasteiger partial charge in [0.15, 0.2) is 0 Å². The van der Waals surface area contributed by atoms with Crippen LogP contribution in [0.3, 0.4) is 0 Å². The van der Waals surface area contributed by atoms with Crippen molar-refractivity contribution in [1.82, 2.24) is 0 Å². The Morgan fingerprint density at radius 2 is 0.792 bits per heavy atom. The topological polar surface area (TPSA) is 3.24 Å². The van der Waals surface area contributed by atoms with Gasteiger partial charge in [0.1, 0.15) is 0 Å². The van der Waals surface area contributed by atoms with Crippen molar-refractivity contribution in [2.45, 2.75) is 0 Å². The molecule has 0 aliphatic heterocycles. The molecule has 0 amide bonds. The molecule has 0 unspecified atom stereocenters. The molecule has 250 valence electrons. The Hall–Kier alpha value is -6.96. The second kappa shape index (κ2) is 14.3. The maximum atomic E-state index is 9.64. The van der Waals surface area contributed by atoms with Crippen molar-refractivity contribution in [3.05, 3.63) is 224 Å². The van der Waals surface area contributed by atoms with Crippen molar-refractivity contribution in [2.24, 2.45) is 0 Å². The predicted molar refractivity (Wildman–Crippen MR) is 226 cm³/mol. The van der Waals surface area contributed by atoms with Gasteiger partial charge in [0.2, 0.25) is 0 Å². The second-order valence-corrected chi connectivity index (χ2v) is 12.0. The third-order valence-electron chi connectivity index (χ3n) is 8.78. The molecule has 9 aromatic rings. The summed E-state index contributed by atoms with van der Waals surface area (Å²) in [6, 6.07) is 23.8. The van der Waals surface area contributed by atoms with Crippen molar-refractivity contribution in [3.63, 3.8) is 0 Å². The average Bonchev–Trinajstić information content (AvgIpc) is 3.37. The number of anilines is 3. The molecule has 0 bridgehead atoms. The molecule has 0 heterocycles. The lowest BCUT2D eigenvalue weighted by Crippen LogP contribution is -2.11. The highest BCUT2D eigenvalue weighted by atomic mass is 15.1. The van der Waals surface area contributed by atoms with Gasteiger partial charge >= 0.3 is 0 Å². The summed E-state index contributed by atoms with van der Waals surface area (Å²) in [5.74, 6) is 0. The molecule has 0 aromatic heterocycles. The number of hydrogen-bond donors (Lipinski definition) is 0. The highest BCUT2D eigenvalue weighted by Gasteiger charge is 2.17. The first-order chi connectivity index (χ1) is 33.4. The lowest BCUT2D eigenvalue weighted by molar-refractivity contribution is 1.28. The van der Waals surface area contributed by atoms with Gasteiger partial charge in [-0.2, -0.15) is 0 Å². The molecular formula is C52H37N. The normalized spacial score (nSPS) is 15.5. The number of nitrogens with zero attached hydrogens (tertiary/aromatic N) is 1. The molecule has 1 heteroatoms. The van der Waals surface area contributed by atoms with Crippen LogP contribution in [-0.4, -0.2) is 0 Å². The highest BCUT2D eigenvalue weighted by molar-refractivity contribution is 5.97. The molecule has 0 aliphatic carbocycles. The van der Waals surface area contributed by atoms with Crippen molar-refractivity contribution in [1.29, 1.82) is 0 Å². The van der Waals surface area contributed by atoms with E-state index in [0.717, 1.165) is 26.8 Å². The number of para-hydroxylation sites is 1. The molecule has 0 atom stereocenters. The van der Waals surface area contributed by atoms with E-state index in [4.69, 9.17) is 12.3 Å². The van der Waals surface area contributed by atoms with Gasteiger partial charge in [-0.1, -0.05) is 188 Å². The standard InChI is InChI=1S/C52H37N/c1-3-13-38(14-4-1)39-25-27-40(28-26-39)41-29-33-47(34-30-41)53(52-24-10-9-22-51(52)44-15-5-2-6-16-44)48-35-31-42(32-36-48)45-19-11-20-46(37-45)50-23-12-18-43-17-7-8-21-49(43)50/h1-37H/i1D,3D,4D,13D,14D,25D,26D,27D,28D,29D,30D,31D,32D,33D,34D,35D,36D. The van der Waals surface area contributed by atoms with E-state index in [9.17, 15) is 11.0 Å². The third-order valence-corrected chi connectivity index (χ3v) is 8.78. The Morgan fingerprint density at radius 1 is 0.321 bits per heavy atom. The first-order valence-corrected chi connectivity index (χ1v) is 16.8. The van der Waals surface area contributed by atoms with Crippen molar-refractivity contribution in [3.8, 4) is 55.6 Å². The van der Waals surface area contributed by atoms with Crippen LogP contribution in [0.2, 0.25) is 0 Å². The fourth-order valence-corrected chi connectivity index (χ4v) is 6.24. The lowest BCUT2D eigenvalue weighted by atomic mass is 9.95. The molecule has 0 aliphatic rings. The minimum absolute atomic E-state index is 0.0255. The van der Waals surface area contributed by atoms with Crippen molar-refractivity contribution in [2.75, 3.05) is 4.90 Å². The average molecular weight is 693 g/mol. The Bertz CT molecular complexity index is 3530. The zero-order valence-corrected chi connectivity index (χ0v) is 28.0. The minimum atomic E-state index is -0.873. The van der Waals surface area contributed by atoms with Gasteiger partial charge in [-0.3, -0.25) is 0 Å². The van der Waals surface area contributed by atoms with Gasteiger partial charge in [0.25, 0.3) is 0 Å². The quantitative estimate of drug-likeness (QED) is 0.153. The van der Waals surface area contributed by atoms with E-state index in [-0.39, 0.29) is 11.3 Å². The molecule has 0 N–H and O–H groups in total. The van der Waals surface area contributed by atoms with Crippen molar-refractivity contribution >= 4 is 27.8 Å². The summed E-state index contributed by atoms with van der Waals surface area (Å²) in [5, 5.41) is 1.98. The summed E-state index contributed by atoms with van der Waals surface area (Å²) < 4.78 is 154. The van der Waals surface area contributed by atoms with Crippen LogP contribution < -0.4 is 4.90 Å². The Morgan fingerprint density at radius 3 is 1.49 bits per heavy atom. The Kier molecular flexibility index (Phi) is 5.01. The van der Waals surface area contributed by atoms with E-state index in [2.05, 4.69) is 0 Å². The van der Waals surface area contributed by atoms with E-state index >= 15 is 0 Å². The molecule has 0 spiro atoms. The molecule has 9 rings (SSSR count). The summed E-state index contributed by atoms with van der Waals surface area (Å²) in [6.07, 6.45) is 0. The molecule has 9 aromatic carbocycles. The summed E-state index contributed by atoms with van der Waals surface area (Å²) in [5.41, 5.74) is -0.217. The Balaban J connectivity index is 1.29. The molecule has 53 heavy (non-hydrogen) atoms. The van der Waals surface area contributed by atoms with E-state index < -0.39 is 136 Å². The predicted octanol–water partition coefficient (Wildman–Crippen LogP) is 14.6. The number of hydrogen-bond acceptors (Lipinski definition) is 1. The molecular weight excluding hydrogens is 639 g/mol. The van der Waals surface area contributed by atoms with Crippen molar-refractivity contribution < 1.29 is 23.3 Å². The summed E-state index contributed by atoms with van der Waals surface area (Å²) in [4.78, 5) is 1.15. The number of rotatable bonds is 8. The van der Waals surface area contributed by atoms with Gasteiger partial charge in [0, 0.05) is 16.9 Å². The third kappa shape index (κ3) is 6.53. The summed E-state index contributed by atoms with van der Waals surface area (Å²) >= 11 is 0. The van der Waals surface area contributed by atoms with Crippen LogP contribution in [0.1, 0.15) is 23.3 Å². The second-order valence-electron chi connectivity index (χ2n) is 12.0. The molecule has 0 radical (unpaired) electrons. The van der Waals surface area contributed by atoms with Crippen LogP contribution >= 0.6 is 0 Å². The molecule has 0 fully saturated rings. The number of fused-ring (bicyclic) bond motifs is 1. The van der Waals surface area contributed by atoms with Gasteiger partial charge in [-0.25, -0.2) is 0 Å². The molecule has 0 saturated heterocycles. The molecule has 0 saturated carbocycles. The van der Waals surface area contributed by atoms with Gasteiger partial charge in [-0.05, 0) is 97.1 Å². The van der Waals surface area contributed by atoms with Crippen LogP contribution in [0.15, 0.2) is 224 Å². The largest absolute Gasteiger partial charge is 0.310 e. The van der Waals surface area contributed by atoms with Crippen LogP contribution in [-0.2, 0) is 0 Å². The maximum Gasteiger partial charge on any atom is 0.0645 e. The fraction of sp³-hybridized carbons (Fsp3) is 0. The van der Waals surface area contributed by atoms with Gasteiger partial charge < -0.3 is 4.90 Å². The summed E-state index contributed by atoms with van der Waals surface area (Å²) in [7, 11) is 0. The highest BCUT2D eigenvalue weighted by Crippen LogP contribution is 2.42. The van der Waals surface area contributed by atoms with Crippen LogP contribution in [0, 0.1) is 0 Å². The van der Waals surface area contributed by atoms with E-state index in [0.29, 0.717) is 16.7 Å². The first kappa shape index (κ1) is 18.5. The maximum absolute atomic E-state index is 9.64. The Labute approximate surface area is 335 Å². The lowest BCUT2D eigenvalue weighted by Gasteiger charge is -2.28. The monoisotopic (exact) mass is 692 g/mol. The van der Waals surface area contributed by atoms with Gasteiger partial charge in [0.05, 0.1) is 29.0 Å². The zero-order valence-electron chi connectivity index (χ0n) is 45.0. The number of benzene rings is 9. The van der Waals surface area contributed by atoms with E-state index in [1.807, 2.05) is 48.5 Å². The smallest absolute Gasteiger partial charge is 0.0645 e.